The molecule has 204 valence electrons. The van der Waals surface area contributed by atoms with Gasteiger partial charge < -0.3 is 60.8 Å². The first-order chi connectivity index (χ1) is 16.7. The van der Waals surface area contributed by atoms with E-state index in [1.165, 1.54) is 0 Å². The second-order valence-electron chi connectivity index (χ2n) is 9.95. The SMILES string of the molecule is CCNCC1=CCC[C@@H](O[C@@H]2C(N)CC(NC(CO)CO)[C@H](OC3OC[C@](C)(O)CC3O)C2O)O1. The molecule has 1 aliphatic carbocycles. The normalized spacial score (nSPS) is 40.4. The van der Waals surface area contributed by atoms with Crippen molar-refractivity contribution in [3.8, 4) is 0 Å². The van der Waals surface area contributed by atoms with Gasteiger partial charge >= 0.3 is 0 Å². The fourth-order valence-electron chi connectivity index (χ4n) is 4.78. The molecule has 0 spiro atoms. The maximum absolute atomic E-state index is 11.3. The standard InChI is InChI=1S/C23H43N3O9/c1-3-25-9-14-5-4-6-18(33-14)34-20-15(24)7-16(26-13(10-27)11-28)21(19(20)30)35-22-17(29)8-23(2,31)12-32-22/h5,13,15-22,25-31H,3-4,6-12,24H2,1-2H3/t15?,16?,17?,18-,19?,20-,21+,22?,23-/m1/s1. The number of ether oxygens (including phenoxy) is 4. The van der Waals surface area contributed by atoms with Crippen molar-refractivity contribution in [3.63, 3.8) is 0 Å². The molecule has 2 aliphatic heterocycles. The minimum Gasteiger partial charge on any atom is -0.468 e. The Morgan fingerprint density at radius 1 is 1.23 bits per heavy atom. The number of rotatable bonds is 11. The maximum atomic E-state index is 11.3. The van der Waals surface area contributed by atoms with Gasteiger partial charge in [0.15, 0.2) is 12.6 Å². The zero-order valence-corrected chi connectivity index (χ0v) is 20.6. The van der Waals surface area contributed by atoms with E-state index in [4.69, 9.17) is 24.7 Å². The molecule has 35 heavy (non-hydrogen) atoms. The molecule has 2 fully saturated rings. The summed E-state index contributed by atoms with van der Waals surface area (Å²) in [6.45, 7) is 4.26. The highest BCUT2D eigenvalue weighted by molar-refractivity contribution is 5.03. The molecule has 0 aromatic rings. The van der Waals surface area contributed by atoms with Gasteiger partial charge in [-0.15, -0.1) is 0 Å². The molecular weight excluding hydrogens is 462 g/mol. The van der Waals surface area contributed by atoms with Crippen LogP contribution in [0.25, 0.3) is 0 Å². The third-order valence-corrected chi connectivity index (χ3v) is 6.64. The Labute approximate surface area is 206 Å². The number of nitrogens with two attached hydrogens (primary N) is 1. The maximum Gasteiger partial charge on any atom is 0.200 e. The number of allylic oxidation sites excluding steroid dienone is 1. The van der Waals surface area contributed by atoms with E-state index in [-0.39, 0.29) is 26.2 Å². The van der Waals surface area contributed by atoms with Crippen molar-refractivity contribution in [1.29, 1.82) is 0 Å². The number of likely N-dealkylation sites (N-methyl/N-ethyl adjacent to an activating group) is 1. The van der Waals surface area contributed by atoms with Crippen molar-refractivity contribution in [1.82, 2.24) is 10.6 Å². The highest BCUT2D eigenvalue weighted by atomic mass is 16.7. The molecule has 9 N–H and O–H groups in total. The summed E-state index contributed by atoms with van der Waals surface area (Å²) >= 11 is 0. The molecule has 1 saturated heterocycles. The zero-order valence-electron chi connectivity index (χ0n) is 20.6. The number of aliphatic hydroxyl groups excluding tert-OH is 4. The summed E-state index contributed by atoms with van der Waals surface area (Å²) < 4.78 is 23.7. The summed E-state index contributed by atoms with van der Waals surface area (Å²) in [5.74, 6) is 0.772. The lowest BCUT2D eigenvalue weighted by Crippen LogP contribution is -2.67. The minimum absolute atomic E-state index is 0.0399. The molecule has 0 bridgehead atoms. The largest absolute Gasteiger partial charge is 0.468 e. The summed E-state index contributed by atoms with van der Waals surface area (Å²) in [6, 6.07) is -1.81. The molecule has 0 amide bonds. The second kappa shape index (κ2) is 13.1. The van der Waals surface area contributed by atoms with E-state index >= 15 is 0 Å². The average molecular weight is 506 g/mol. The average Bonchev–Trinajstić information content (AvgIpc) is 2.82. The van der Waals surface area contributed by atoms with Crippen LogP contribution >= 0.6 is 0 Å². The number of aliphatic hydroxyl groups is 5. The molecule has 12 nitrogen and oxygen atoms in total. The molecule has 1 saturated carbocycles. The van der Waals surface area contributed by atoms with Crippen LogP contribution in [0.2, 0.25) is 0 Å². The van der Waals surface area contributed by atoms with E-state index in [1.807, 2.05) is 13.0 Å². The molecule has 0 aromatic heterocycles. The summed E-state index contributed by atoms with van der Waals surface area (Å²) in [6.07, 6.45) is -2.05. The predicted molar refractivity (Wildman–Crippen MR) is 125 cm³/mol. The minimum atomic E-state index is -1.22. The molecule has 0 radical (unpaired) electrons. The van der Waals surface area contributed by atoms with E-state index in [9.17, 15) is 25.5 Å². The number of hydrogen-bond donors (Lipinski definition) is 8. The van der Waals surface area contributed by atoms with E-state index in [0.29, 0.717) is 19.4 Å². The lowest BCUT2D eigenvalue weighted by Gasteiger charge is -2.47. The Bertz CT molecular complexity index is 679. The fraction of sp³-hybridized carbons (Fsp3) is 0.913. The lowest BCUT2D eigenvalue weighted by molar-refractivity contribution is -0.297. The van der Waals surface area contributed by atoms with Crippen molar-refractivity contribution in [2.45, 2.75) is 100 Å². The third kappa shape index (κ3) is 7.79. The van der Waals surface area contributed by atoms with Crippen LogP contribution in [0.4, 0.5) is 0 Å². The predicted octanol–water partition coefficient (Wildman–Crippen LogP) is -2.35. The van der Waals surface area contributed by atoms with Crippen LogP contribution < -0.4 is 16.4 Å². The first kappa shape index (κ1) is 28.7. The van der Waals surface area contributed by atoms with Crippen molar-refractivity contribution in [2.75, 3.05) is 32.9 Å². The van der Waals surface area contributed by atoms with E-state index < -0.39 is 60.7 Å². The Morgan fingerprint density at radius 3 is 2.63 bits per heavy atom. The van der Waals surface area contributed by atoms with Crippen LogP contribution in [0, 0.1) is 0 Å². The molecule has 9 atom stereocenters. The van der Waals surface area contributed by atoms with Crippen molar-refractivity contribution >= 4 is 0 Å². The van der Waals surface area contributed by atoms with E-state index in [1.54, 1.807) is 6.92 Å². The van der Waals surface area contributed by atoms with Gasteiger partial charge in [0, 0.05) is 24.9 Å². The Kier molecular flexibility index (Phi) is 10.7. The van der Waals surface area contributed by atoms with Gasteiger partial charge in [-0.1, -0.05) is 6.92 Å². The quantitative estimate of drug-likeness (QED) is 0.150. The Hall–Kier alpha value is -0.900. The number of nitrogens with one attached hydrogen (secondary N) is 2. The Morgan fingerprint density at radius 2 is 1.97 bits per heavy atom. The first-order valence-electron chi connectivity index (χ1n) is 12.5. The molecule has 0 aromatic carbocycles. The molecular formula is C23H43N3O9. The topological polar surface area (TPSA) is 188 Å². The van der Waals surface area contributed by atoms with Gasteiger partial charge in [0.1, 0.15) is 30.2 Å². The van der Waals surface area contributed by atoms with Gasteiger partial charge in [0.25, 0.3) is 0 Å². The summed E-state index contributed by atoms with van der Waals surface area (Å²) in [5, 5.41) is 57.4. The summed E-state index contributed by atoms with van der Waals surface area (Å²) in [7, 11) is 0. The Balaban J connectivity index is 1.71. The van der Waals surface area contributed by atoms with Crippen LogP contribution in [0.15, 0.2) is 11.8 Å². The van der Waals surface area contributed by atoms with Crippen molar-refractivity contribution in [3.05, 3.63) is 11.8 Å². The number of hydrogen-bond acceptors (Lipinski definition) is 12. The first-order valence-corrected chi connectivity index (χ1v) is 12.5. The molecule has 2 heterocycles. The van der Waals surface area contributed by atoms with Crippen LogP contribution in [-0.2, 0) is 18.9 Å². The summed E-state index contributed by atoms with van der Waals surface area (Å²) in [5.41, 5.74) is 5.22. The van der Waals surface area contributed by atoms with E-state index in [2.05, 4.69) is 10.6 Å². The van der Waals surface area contributed by atoms with Gasteiger partial charge in [-0.25, -0.2) is 0 Å². The van der Waals surface area contributed by atoms with Gasteiger partial charge in [-0.05, 0) is 32.4 Å². The van der Waals surface area contributed by atoms with Crippen LogP contribution in [0.5, 0.6) is 0 Å². The van der Waals surface area contributed by atoms with Crippen molar-refractivity contribution < 1.29 is 44.5 Å². The van der Waals surface area contributed by atoms with E-state index in [0.717, 1.165) is 18.7 Å². The van der Waals surface area contributed by atoms with Gasteiger partial charge in [0.2, 0.25) is 0 Å². The zero-order chi connectivity index (χ0) is 25.6. The van der Waals surface area contributed by atoms with Crippen LogP contribution in [-0.4, -0.2) is 119 Å². The van der Waals surface area contributed by atoms with Crippen molar-refractivity contribution in [2.24, 2.45) is 5.73 Å². The fourth-order valence-corrected chi connectivity index (χ4v) is 4.78. The van der Waals surface area contributed by atoms with Crippen LogP contribution in [0.3, 0.4) is 0 Å². The summed E-state index contributed by atoms with van der Waals surface area (Å²) in [4.78, 5) is 0. The van der Waals surface area contributed by atoms with Crippen LogP contribution in [0.1, 0.15) is 39.5 Å². The molecule has 5 unspecified atom stereocenters. The lowest BCUT2D eigenvalue weighted by atomic mass is 9.83. The molecule has 12 heteroatoms. The van der Waals surface area contributed by atoms with Gasteiger partial charge in [-0.2, -0.15) is 0 Å². The third-order valence-electron chi connectivity index (χ3n) is 6.64. The molecule has 3 aliphatic rings. The highest BCUT2D eigenvalue weighted by Crippen LogP contribution is 2.32. The van der Waals surface area contributed by atoms with Gasteiger partial charge in [-0.3, -0.25) is 0 Å². The monoisotopic (exact) mass is 505 g/mol. The highest BCUT2D eigenvalue weighted by Gasteiger charge is 2.48. The molecule has 3 rings (SSSR count). The smallest absolute Gasteiger partial charge is 0.200 e. The second-order valence-corrected chi connectivity index (χ2v) is 9.95. The van der Waals surface area contributed by atoms with Gasteiger partial charge in [0.05, 0.1) is 38.0 Å².